The van der Waals surface area contributed by atoms with E-state index in [9.17, 15) is 0 Å². The molecule has 1 saturated heterocycles. The third-order valence-electron chi connectivity index (χ3n) is 3.60. The summed E-state index contributed by atoms with van der Waals surface area (Å²) in [6.45, 7) is 4.43. The molecule has 17 heavy (non-hydrogen) atoms. The van der Waals surface area contributed by atoms with Gasteiger partial charge in [-0.15, -0.1) is 0 Å². The fourth-order valence-electron chi connectivity index (χ4n) is 2.50. The molecule has 0 amide bonds. The molecule has 2 aromatic heterocycles. The summed E-state index contributed by atoms with van der Waals surface area (Å²) in [5, 5.41) is 3.40. The van der Waals surface area contributed by atoms with Crippen molar-refractivity contribution in [3.63, 3.8) is 0 Å². The second kappa shape index (κ2) is 4.45. The number of nitrogens with one attached hydrogen (secondary N) is 2. The number of nitrogens with zero attached hydrogens (tertiary/aromatic N) is 2. The lowest BCUT2D eigenvalue weighted by atomic mass is 10.0. The Morgan fingerprint density at radius 1 is 1.47 bits per heavy atom. The zero-order valence-corrected chi connectivity index (χ0v) is 10.2. The van der Waals surface area contributed by atoms with Gasteiger partial charge >= 0.3 is 0 Å². The van der Waals surface area contributed by atoms with Crippen LogP contribution in [0, 0.1) is 12.8 Å². The molecule has 2 aromatic rings. The number of rotatable bonds is 3. The molecule has 90 valence electrons. The van der Waals surface area contributed by atoms with Crippen LogP contribution in [0.4, 0.5) is 0 Å². The van der Waals surface area contributed by atoms with Crippen LogP contribution in [0.25, 0.3) is 11.2 Å². The van der Waals surface area contributed by atoms with Gasteiger partial charge in [0.1, 0.15) is 5.82 Å². The van der Waals surface area contributed by atoms with E-state index in [1.807, 2.05) is 12.3 Å². The smallest absolute Gasteiger partial charge is 0.177 e. The second-order valence-electron chi connectivity index (χ2n) is 4.91. The fourth-order valence-corrected chi connectivity index (χ4v) is 2.50. The maximum atomic E-state index is 4.55. The molecule has 3 rings (SSSR count). The molecule has 0 spiro atoms. The minimum atomic E-state index is 0.817. The Balaban J connectivity index is 1.74. The number of imidazole rings is 1. The Hall–Kier alpha value is -1.42. The van der Waals surface area contributed by atoms with E-state index < -0.39 is 0 Å². The van der Waals surface area contributed by atoms with Gasteiger partial charge in [0, 0.05) is 12.6 Å². The first-order chi connectivity index (χ1) is 8.33. The first kappa shape index (κ1) is 10.7. The highest BCUT2D eigenvalue weighted by molar-refractivity contribution is 5.74. The average molecular weight is 230 g/mol. The highest BCUT2D eigenvalue weighted by atomic mass is 15.0. The highest BCUT2D eigenvalue weighted by Gasteiger charge is 2.15. The number of aromatic nitrogens is 3. The molecule has 0 saturated carbocycles. The van der Waals surface area contributed by atoms with Crippen molar-refractivity contribution in [2.75, 3.05) is 13.1 Å². The molecule has 1 aliphatic heterocycles. The maximum absolute atomic E-state index is 4.55. The van der Waals surface area contributed by atoms with E-state index in [1.165, 1.54) is 24.9 Å². The molecule has 0 radical (unpaired) electrons. The van der Waals surface area contributed by atoms with Crippen LogP contribution in [0.2, 0.25) is 0 Å². The minimum absolute atomic E-state index is 0.817. The summed E-state index contributed by atoms with van der Waals surface area (Å²) in [5.41, 5.74) is 3.16. The van der Waals surface area contributed by atoms with Crippen LogP contribution < -0.4 is 5.32 Å². The van der Waals surface area contributed by atoms with E-state index in [4.69, 9.17) is 0 Å². The van der Waals surface area contributed by atoms with Crippen molar-refractivity contribution >= 4 is 11.2 Å². The summed E-state index contributed by atoms with van der Waals surface area (Å²) >= 11 is 0. The zero-order valence-electron chi connectivity index (χ0n) is 10.2. The van der Waals surface area contributed by atoms with E-state index >= 15 is 0 Å². The van der Waals surface area contributed by atoms with Crippen LogP contribution in [0.5, 0.6) is 0 Å². The standard InChI is InChI=1S/C13H18N4/c1-9-4-7-15-13-12(9)16-11(17-13)3-2-10-5-6-14-8-10/h4,7,10,14H,2-3,5-6,8H2,1H3,(H,15,16,17). The first-order valence-corrected chi connectivity index (χ1v) is 6.34. The monoisotopic (exact) mass is 230 g/mol. The summed E-state index contributed by atoms with van der Waals surface area (Å²) < 4.78 is 0. The van der Waals surface area contributed by atoms with Crippen molar-refractivity contribution in [2.45, 2.75) is 26.2 Å². The summed E-state index contributed by atoms with van der Waals surface area (Å²) in [6, 6.07) is 2.02. The van der Waals surface area contributed by atoms with Crippen LogP contribution in [0.1, 0.15) is 24.2 Å². The van der Waals surface area contributed by atoms with Crippen LogP contribution >= 0.6 is 0 Å². The molecular weight excluding hydrogens is 212 g/mol. The molecule has 1 unspecified atom stereocenters. The van der Waals surface area contributed by atoms with Crippen molar-refractivity contribution in [1.29, 1.82) is 0 Å². The summed E-state index contributed by atoms with van der Waals surface area (Å²) in [5.74, 6) is 1.89. The Kier molecular flexibility index (Phi) is 2.81. The van der Waals surface area contributed by atoms with Gasteiger partial charge in [-0.25, -0.2) is 9.97 Å². The van der Waals surface area contributed by atoms with Gasteiger partial charge in [-0.1, -0.05) is 0 Å². The number of hydrogen-bond donors (Lipinski definition) is 2. The third kappa shape index (κ3) is 2.17. The third-order valence-corrected chi connectivity index (χ3v) is 3.60. The lowest BCUT2D eigenvalue weighted by molar-refractivity contribution is 0.526. The predicted molar refractivity (Wildman–Crippen MR) is 67.9 cm³/mol. The number of fused-ring (bicyclic) bond motifs is 1. The Labute approximate surface area is 101 Å². The number of aryl methyl sites for hydroxylation is 2. The average Bonchev–Trinajstić information content (AvgIpc) is 2.95. The Morgan fingerprint density at radius 3 is 3.18 bits per heavy atom. The van der Waals surface area contributed by atoms with E-state index in [-0.39, 0.29) is 0 Å². The van der Waals surface area contributed by atoms with Gasteiger partial charge in [-0.05, 0) is 50.4 Å². The van der Waals surface area contributed by atoms with Crippen molar-refractivity contribution in [3.8, 4) is 0 Å². The van der Waals surface area contributed by atoms with Crippen molar-refractivity contribution in [2.24, 2.45) is 5.92 Å². The normalized spacial score (nSPS) is 20.2. The molecule has 4 nitrogen and oxygen atoms in total. The van der Waals surface area contributed by atoms with E-state index in [0.29, 0.717) is 0 Å². The lowest BCUT2D eigenvalue weighted by Crippen LogP contribution is -2.09. The Morgan fingerprint density at radius 2 is 2.41 bits per heavy atom. The summed E-state index contributed by atoms with van der Waals surface area (Å²) in [6.07, 6.45) is 5.37. The lowest BCUT2D eigenvalue weighted by Gasteiger charge is -2.05. The quantitative estimate of drug-likeness (QED) is 0.845. The zero-order chi connectivity index (χ0) is 11.7. The van der Waals surface area contributed by atoms with Gasteiger partial charge < -0.3 is 10.3 Å². The van der Waals surface area contributed by atoms with Gasteiger partial charge in [0.25, 0.3) is 0 Å². The number of pyridine rings is 1. The van der Waals surface area contributed by atoms with Gasteiger partial charge in [0.05, 0.1) is 5.52 Å². The number of hydrogen-bond acceptors (Lipinski definition) is 3. The van der Waals surface area contributed by atoms with Crippen LogP contribution in [0.15, 0.2) is 12.3 Å². The molecule has 1 fully saturated rings. The van der Waals surface area contributed by atoms with E-state index in [1.54, 1.807) is 0 Å². The van der Waals surface area contributed by atoms with Gasteiger partial charge in [0.15, 0.2) is 5.65 Å². The summed E-state index contributed by atoms with van der Waals surface area (Å²) in [4.78, 5) is 12.2. The van der Waals surface area contributed by atoms with Crippen LogP contribution in [-0.4, -0.2) is 28.0 Å². The molecule has 3 heterocycles. The highest BCUT2D eigenvalue weighted by Crippen LogP contribution is 2.17. The predicted octanol–water partition coefficient (Wildman–Crippen LogP) is 1.81. The van der Waals surface area contributed by atoms with Crippen molar-refractivity contribution in [3.05, 3.63) is 23.7 Å². The Bertz CT molecular complexity index is 511. The van der Waals surface area contributed by atoms with Gasteiger partial charge in [-0.2, -0.15) is 0 Å². The molecule has 4 heteroatoms. The summed E-state index contributed by atoms with van der Waals surface area (Å²) in [7, 11) is 0. The largest absolute Gasteiger partial charge is 0.340 e. The molecule has 0 aromatic carbocycles. The fraction of sp³-hybridized carbons (Fsp3) is 0.538. The number of H-pyrrole nitrogens is 1. The van der Waals surface area contributed by atoms with Crippen LogP contribution in [-0.2, 0) is 6.42 Å². The SMILES string of the molecule is Cc1ccnc2nc(CCC3CCNC3)[nH]c12. The number of aromatic amines is 1. The topological polar surface area (TPSA) is 53.6 Å². The molecule has 1 atom stereocenters. The minimum Gasteiger partial charge on any atom is -0.340 e. The molecule has 0 bridgehead atoms. The van der Waals surface area contributed by atoms with E-state index in [2.05, 4.69) is 27.2 Å². The van der Waals surface area contributed by atoms with Crippen molar-refractivity contribution < 1.29 is 0 Å². The molecule has 2 N–H and O–H groups in total. The van der Waals surface area contributed by atoms with Crippen molar-refractivity contribution in [1.82, 2.24) is 20.3 Å². The van der Waals surface area contributed by atoms with Crippen LogP contribution in [0.3, 0.4) is 0 Å². The van der Waals surface area contributed by atoms with E-state index in [0.717, 1.165) is 35.9 Å². The first-order valence-electron chi connectivity index (χ1n) is 6.34. The molecule has 1 aliphatic rings. The van der Waals surface area contributed by atoms with Gasteiger partial charge in [-0.3, -0.25) is 0 Å². The molecular formula is C13H18N4. The molecule has 0 aliphatic carbocycles. The second-order valence-corrected chi connectivity index (χ2v) is 4.91. The maximum Gasteiger partial charge on any atom is 0.177 e. The van der Waals surface area contributed by atoms with Gasteiger partial charge in [0.2, 0.25) is 0 Å².